The van der Waals surface area contributed by atoms with Gasteiger partial charge in [-0.1, -0.05) is 0 Å². The average Bonchev–Trinajstić information content (AvgIpc) is 2.94. The maximum atomic E-state index is 11.1. The summed E-state index contributed by atoms with van der Waals surface area (Å²) in [4.78, 5) is 25.8. The molecule has 9 nitrogen and oxygen atoms in total. The Balaban J connectivity index is 2.19. The average molecular weight is 310 g/mol. The molecule has 2 heterocycles. The van der Waals surface area contributed by atoms with Gasteiger partial charge in [0.25, 0.3) is 0 Å². The second-order valence-corrected chi connectivity index (χ2v) is 5.50. The fourth-order valence-electron chi connectivity index (χ4n) is 2.22. The lowest BCUT2D eigenvalue weighted by molar-refractivity contribution is -0.140. The van der Waals surface area contributed by atoms with Crippen molar-refractivity contribution >= 4 is 23.8 Å². The zero-order valence-corrected chi connectivity index (χ0v) is 12.8. The molecule has 1 aliphatic rings. The van der Waals surface area contributed by atoms with Gasteiger partial charge in [0.05, 0.1) is 12.5 Å². The predicted molar refractivity (Wildman–Crippen MR) is 82.1 cm³/mol. The maximum Gasteiger partial charge on any atom is 0.308 e. The van der Waals surface area contributed by atoms with Gasteiger partial charge in [0.1, 0.15) is 0 Å². The molecule has 0 radical (unpaired) electrons. The minimum atomic E-state index is -0.796. The highest BCUT2D eigenvalue weighted by Gasteiger charge is 2.30. The number of aliphatic hydroxyl groups is 1. The lowest BCUT2D eigenvalue weighted by Gasteiger charge is -2.18. The van der Waals surface area contributed by atoms with E-state index in [9.17, 15) is 4.79 Å². The number of carbonyl (C=O) groups is 1. The molecule has 1 unspecified atom stereocenters. The van der Waals surface area contributed by atoms with E-state index >= 15 is 0 Å². The van der Waals surface area contributed by atoms with E-state index in [1.807, 2.05) is 18.7 Å². The highest BCUT2D eigenvalue weighted by Crippen LogP contribution is 2.22. The first-order valence-corrected chi connectivity index (χ1v) is 7.34. The number of anilines is 3. The monoisotopic (exact) mass is 310 g/mol. The molecule has 4 N–H and O–H groups in total. The predicted octanol–water partition coefficient (Wildman–Crippen LogP) is 0.00700. The number of hydrogen-bond acceptors (Lipinski definition) is 8. The van der Waals surface area contributed by atoms with E-state index in [2.05, 4.69) is 25.6 Å². The van der Waals surface area contributed by atoms with Gasteiger partial charge >= 0.3 is 5.97 Å². The van der Waals surface area contributed by atoms with Crippen LogP contribution in [-0.2, 0) is 4.79 Å². The molecule has 1 aliphatic heterocycles. The van der Waals surface area contributed by atoms with E-state index in [0.717, 1.165) is 0 Å². The van der Waals surface area contributed by atoms with Gasteiger partial charge < -0.3 is 25.7 Å². The molecule has 1 fully saturated rings. The molecule has 22 heavy (non-hydrogen) atoms. The van der Waals surface area contributed by atoms with Crippen LogP contribution in [0.2, 0.25) is 0 Å². The molecular weight excluding hydrogens is 288 g/mol. The number of carboxylic acid groups (broad SMARTS) is 1. The molecule has 1 atom stereocenters. The molecule has 0 spiro atoms. The van der Waals surface area contributed by atoms with E-state index in [-0.39, 0.29) is 12.6 Å². The van der Waals surface area contributed by atoms with E-state index in [1.165, 1.54) is 0 Å². The summed E-state index contributed by atoms with van der Waals surface area (Å²) in [5.41, 5.74) is 0. The molecule has 2 rings (SSSR count). The van der Waals surface area contributed by atoms with Crippen LogP contribution in [-0.4, -0.2) is 63.4 Å². The summed E-state index contributed by atoms with van der Waals surface area (Å²) in [6.45, 7) is 5.24. The van der Waals surface area contributed by atoms with Crippen LogP contribution in [0, 0.1) is 5.92 Å². The first-order valence-electron chi connectivity index (χ1n) is 7.34. The van der Waals surface area contributed by atoms with Gasteiger partial charge in [-0.25, -0.2) is 0 Å². The summed E-state index contributed by atoms with van der Waals surface area (Å²) in [7, 11) is 0. The number of hydrogen-bond donors (Lipinski definition) is 4. The third-order valence-corrected chi connectivity index (χ3v) is 3.26. The lowest BCUT2D eigenvalue weighted by Crippen LogP contribution is -2.26. The van der Waals surface area contributed by atoms with Crippen LogP contribution in [0.4, 0.5) is 17.8 Å². The van der Waals surface area contributed by atoms with Crippen molar-refractivity contribution in [2.75, 3.05) is 41.8 Å². The molecule has 1 saturated heterocycles. The van der Waals surface area contributed by atoms with Crippen molar-refractivity contribution in [1.29, 1.82) is 0 Å². The van der Waals surface area contributed by atoms with Gasteiger partial charge in [-0.3, -0.25) is 4.79 Å². The van der Waals surface area contributed by atoms with Crippen LogP contribution < -0.4 is 15.5 Å². The van der Waals surface area contributed by atoms with E-state index in [1.54, 1.807) is 0 Å². The number of aliphatic hydroxyl groups excluding tert-OH is 1. The summed E-state index contributed by atoms with van der Waals surface area (Å²) in [5, 5.41) is 24.0. The SMILES string of the molecule is CC(C)Nc1nc(NCCO)nc(N2CCC(C(=O)O)C2)n1. The number of nitrogens with one attached hydrogen (secondary N) is 2. The molecular formula is C13H22N6O3. The lowest BCUT2D eigenvalue weighted by atomic mass is 10.1. The number of aliphatic carboxylic acids is 1. The summed E-state index contributed by atoms with van der Waals surface area (Å²) in [6.07, 6.45) is 0.577. The van der Waals surface area contributed by atoms with Crippen molar-refractivity contribution in [2.24, 2.45) is 5.92 Å². The fourth-order valence-corrected chi connectivity index (χ4v) is 2.22. The Morgan fingerprint density at radius 2 is 2.09 bits per heavy atom. The first kappa shape index (κ1) is 16.2. The summed E-state index contributed by atoms with van der Waals surface area (Å²) in [6, 6.07) is 0.159. The van der Waals surface area contributed by atoms with Crippen molar-refractivity contribution in [2.45, 2.75) is 26.3 Å². The highest BCUT2D eigenvalue weighted by atomic mass is 16.4. The molecule has 1 aromatic rings. The minimum absolute atomic E-state index is 0.0290. The normalized spacial score (nSPS) is 17.8. The standard InChI is InChI=1S/C13H22N6O3/c1-8(2)15-12-16-11(14-4-6-20)17-13(18-12)19-5-3-9(7-19)10(21)22/h8-9,20H,3-7H2,1-2H3,(H,21,22)(H2,14,15,16,17,18). The Bertz CT molecular complexity index is 524. The number of carboxylic acids is 1. The Hall–Kier alpha value is -2.16. The Kier molecular flexibility index (Phi) is 5.31. The molecule has 0 saturated carbocycles. The van der Waals surface area contributed by atoms with Crippen LogP contribution in [0.3, 0.4) is 0 Å². The summed E-state index contributed by atoms with van der Waals surface area (Å²) in [5.74, 6) is 0.0466. The third kappa shape index (κ3) is 4.17. The van der Waals surface area contributed by atoms with Gasteiger partial charge in [-0.2, -0.15) is 15.0 Å². The van der Waals surface area contributed by atoms with Gasteiger partial charge in [0.15, 0.2) is 0 Å². The summed E-state index contributed by atoms with van der Waals surface area (Å²) < 4.78 is 0. The fraction of sp³-hybridized carbons (Fsp3) is 0.692. The largest absolute Gasteiger partial charge is 0.481 e. The van der Waals surface area contributed by atoms with Crippen molar-refractivity contribution in [1.82, 2.24) is 15.0 Å². The second kappa shape index (κ2) is 7.21. The number of nitrogens with zero attached hydrogens (tertiary/aromatic N) is 4. The summed E-state index contributed by atoms with van der Waals surface area (Å²) >= 11 is 0. The Morgan fingerprint density at radius 1 is 1.36 bits per heavy atom. The van der Waals surface area contributed by atoms with Crippen LogP contribution >= 0.6 is 0 Å². The Morgan fingerprint density at radius 3 is 2.68 bits per heavy atom. The van der Waals surface area contributed by atoms with Gasteiger partial charge in [-0.15, -0.1) is 0 Å². The van der Waals surface area contributed by atoms with E-state index in [0.29, 0.717) is 43.9 Å². The van der Waals surface area contributed by atoms with Crippen LogP contribution in [0.5, 0.6) is 0 Å². The van der Waals surface area contributed by atoms with Crippen LogP contribution in [0.25, 0.3) is 0 Å². The molecule has 122 valence electrons. The van der Waals surface area contributed by atoms with Crippen molar-refractivity contribution < 1.29 is 15.0 Å². The zero-order chi connectivity index (χ0) is 16.1. The molecule has 0 aromatic carbocycles. The van der Waals surface area contributed by atoms with Crippen LogP contribution in [0.15, 0.2) is 0 Å². The molecule has 9 heteroatoms. The van der Waals surface area contributed by atoms with Gasteiger partial charge in [-0.05, 0) is 20.3 Å². The third-order valence-electron chi connectivity index (χ3n) is 3.26. The minimum Gasteiger partial charge on any atom is -0.481 e. The van der Waals surface area contributed by atoms with Crippen LogP contribution in [0.1, 0.15) is 20.3 Å². The zero-order valence-electron chi connectivity index (χ0n) is 12.8. The topological polar surface area (TPSA) is 124 Å². The van der Waals surface area contributed by atoms with Gasteiger partial charge in [0, 0.05) is 25.7 Å². The highest BCUT2D eigenvalue weighted by molar-refractivity contribution is 5.71. The molecule has 0 aliphatic carbocycles. The van der Waals surface area contributed by atoms with E-state index in [4.69, 9.17) is 10.2 Å². The number of rotatable bonds is 7. The van der Waals surface area contributed by atoms with Crippen molar-refractivity contribution in [3.05, 3.63) is 0 Å². The van der Waals surface area contributed by atoms with Crippen molar-refractivity contribution in [3.8, 4) is 0 Å². The molecule has 0 bridgehead atoms. The quantitative estimate of drug-likeness (QED) is 0.551. The maximum absolute atomic E-state index is 11.1. The smallest absolute Gasteiger partial charge is 0.308 e. The van der Waals surface area contributed by atoms with Gasteiger partial charge in [0.2, 0.25) is 17.8 Å². The Labute approximate surface area is 128 Å². The van der Waals surface area contributed by atoms with Crippen molar-refractivity contribution in [3.63, 3.8) is 0 Å². The number of aromatic nitrogens is 3. The molecule has 0 amide bonds. The second-order valence-electron chi connectivity index (χ2n) is 5.50. The first-order chi connectivity index (χ1) is 10.5. The molecule has 1 aromatic heterocycles. The van der Waals surface area contributed by atoms with E-state index < -0.39 is 11.9 Å².